The lowest BCUT2D eigenvalue weighted by Gasteiger charge is -2.34. The summed E-state index contributed by atoms with van der Waals surface area (Å²) in [5, 5.41) is -0.875. The van der Waals surface area contributed by atoms with Crippen LogP contribution in [-0.2, 0) is 34.7 Å². The van der Waals surface area contributed by atoms with Crippen molar-refractivity contribution < 1.29 is 28.1 Å². The summed E-state index contributed by atoms with van der Waals surface area (Å²) in [4.78, 5) is 35.7. The number of cyclic esters (lactones) is 1. The molecule has 0 aliphatic carbocycles. The Morgan fingerprint density at radius 2 is 1.44 bits per heavy atom. The zero-order chi connectivity index (χ0) is 25.2. The predicted octanol–water partition coefficient (Wildman–Crippen LogP) is 4.96. The second kappa shape index (κ2) is 18.8. The molecule has 2 N–H and O–H groups in total. The Balaban J connectivity index is 2.38. The number of ether oxygens (including phenoxy) is 2. The molecule has 34 heavy (non-hydrogen) atoms. The Labute approximate surface area is 208 Å². The van der Waals surface area contributed by atoms with Gasteiger partial charge in [-0.05, 0) is 12.8 Å². The minimum absolute atomic E-state index is 0.0225. The quantitative estimate of drug-likeness (QED) is 0.166. The van der Waals surface area contributed by atoms with Crippen molar-refractivity contribution in [2.75, 3.05) is 12.4 Å². The fraction of sp³-hybridized carbons (Fsp3) is 0.885. The molecule has 0 aromatic heterocycles. The lowest BCUT2D eigenvalue weighted by Crippen LogP contribution is -2.48. The maximum Gasteiger partial charge on any atom is 0.321 e. The first kappa shape index (κ1) is 30.6. The van der Waals surface area contributed by atoms with Gasteiger partial charge >= 0.3 is 11.9 Å². The van der Waals surface area contributed by atoms with Gasteiger partial charge in [0, 0.05) is 10.8 Å². The fourth-order valence-electron chi connectivity index (χ4n) is 4.31. The van der Waals surface area contributed by atoms with Gasteiger partial charge in [-0.2, -0.15) is 0 Å². The topological polar surface area (TPSA) is 113 Å². The average molecular weight is 502 g/mol. The van der Waals surface area contributed by atoms with E-state index in [4.69, 9.17) is 15.2 Å². The number of esters is 2. The summed E-state index contributed by atoms with van der Waals surface area (Å²) in [5.41, 5.74) is 5.20. The number of hydrogen-bond acceptors (Lipinski definition) is 6. The molecule has 0 bridgehead atoms. The van der Waals surface area contributed by atoms with E-state index in [9.17, 15) is 18.6 Å². The van der Waals surface area contributed by atoms with Gasteiger partial charge in [0.15, 0.2) is 0 Å². The van der Waals surface area contributed by atoms with Crippen LogP contribution in [0.1, 0.15) is 117 Å². The summed E-state index contributed by atoms with van der Waals surface area (Å²) in [6.07, 6.45) is 16.6. The zero-order valence-corrected chi connectivity index (χ0v) is 22.2. The van der Waals surface area contributed by atoms with E-state index in [1.165, 1.54) is 38.5 Å². The van der Waals surface area contributed by atoms with Crippen molar-refractivity contribution in [3.05, 3.63) is 0 Å². The largest absolute Gasteiger partial charge is 0.461 e. The molecule has 7 nitrogen and oxygen atoms in total. The van der Waals surface area contributed by atoms with E-state index in [1.807, 2.05) is 0 Å². The molecule has 0 unspecified atom stereocenters. The van der Waals surface area contributed by atoms with Crippen molar-refractivity contribution in [1.82, 2.24) is 0 Å². The lowest BCUT2D eigenvalue weighted by molar-refractivity contribution is -0.194. The Bertz CT molecular complexity index is 626. The van der Waals surface area contributed by atoms with Gasteiger partial charge in [0.05, 0.1) is 5.92 Å². The molecule has 0 aromatic carbocycles. The maximum absolute atomic E-state index is 12.7. The Hall–Kier alpha value is -1.44. The van der Waals surface area contributed by atoms with Crippen LogP contribution < -0.4 is 5.73 Å². The van der Waals surface area contributed by atoms with Crippen LogP contribution in [0.5, 0.6) is 0 Å². The van der Waals surface area contributed by atoms with E-state index in [1.54, 1.807) is 0 Å². The van der Waals surface area contributed by atoms with E-state index in [-0.39, 0.29) is 24.2 Å². The number of primary amides is 1. The van der Waals surface area contributed by atoms with Gasteiger partial charge in [-0.25, -0.2) is 0 Å². The Morgan fingerprint density at radius 1 is 0.912 bits per heavy atom. The molecule has 1 aliphatic rings. The number of carbonyl (C=O) groups is 3. The smallest absolute Gasteiger partial charge is 0.321 e. The minimum Gasteiger partial charge on any atom is -0.461 e. The number of unbranched alkanes of at least 4 members (excludes halogenated alkanes) is 12. The third-order valence-corrected chi connectivity index (χ3v) is 8.09. The summed E-state index contributed by atoms with van der Waals surface area (Å²) < 4.78 is 23.1. The van der Waals surface area contributed by atoms with E-state index >= 15 is 0 Å². The molecule has 1 amide bonds. The molecule has 1 fully saturated rings. The number of amides is 1. The van der Waals surface area contributed by atoms with E-state index in [2.05, 4.69) is 13.8 Å². The van der Waals surface area contributed by atoms with Crippen molar-refractivity contribution in [2.24, 2.45) is 11.7 Å². The summed E-state index contributed by atoms with van der Waals surface area (Å²) in [7, 11) is -1.71. The minimum atomic E-state index is -1.71. The standard InChI is InChI=1S/C26H47NO6S/c1-3-5-7-9-10-11-12-13-14-16-18-23(34(31)20-24(27)28)26(30)32-19-22-21(25(29)33-22)17-15-8-6-4-2/h21-23H,3-20H2,1-2H3,(H2,27,28)/t21-,22+,23+,34-/m0/s1. The second-order valence-electron chi connectivity index (χ2n) is 9.51. The second-order valence-corrected chi connectivity index (χ2v) is 11.1. The lowest BCUT2D eigenvalue weighted by atomic mass is 9.91. The van der Waals surface area contributed by atoms with Crippen molar-refractivity contribution in [3.63, 3.8) is 0 Å². The third kappa shape index (κ3) is 12.9. The Kier molecular flexibility index (Phi) is 16.9. The summed E-state index contributed by atoms with van der Waals surface area (Å²) in [6, 6.07) is 0. The van der Waals surface area contributed by atoms with E-state index in [0.717, 1.165) is 57.8 Å². The predicted molar refractivity (Wildman–Crippen MR) is 136 cm³/mol. The van der Waals surface area contributed by atoms with Crippen LogP contribution in [0.3, 0.4) is 0 Å². The van der Waals surface area contributed by atoms with Gasteiger partial charge in [0.25, 0.3) is 0 Å². The van der Waals surface area contributed by atoms with Gasteiger partial charge < -0.3 is 15.2 Å². The average Bonchev–Trinajstić information content (AvgIpc) is 2.79. The van der Waals surface area contributed by atoms with Crippen LogP contribution >= 0.6 is 0 Å². The molecule has 1 aliphatic heterocycles. The van der Waals surface area contributed by atoms with Crippen LogP contribution in [0.2, 0.25) is 0 Å². The first-order valence-electron chi connectivity index (χ1n) is 13.4. The number of hydrogen-bond donors (Lipinski definition) is 1. The van der Waals surface area contributed by atoms with E-state index in [0.29, 0.717) is 6.42 Å². The number of carbonyl (C=O) groups excluding carboxylic acids is 3. The SMILES string of the molecule is CCCCCCCCCCCC[C@H](C(=O)OC[C@H]1OC(=O)[C@H]1CCCCCC)[S@@](=O)CC(N)=O. The summed E-state index contributed by atoms with van der Waals surface area (Å²) >= 11 is 0. The van der Waals surface area contributed by atoms with E-state index < -0.39 is 34.0 Å². The molecular weight excluding hydrogens is 454 g/mol. The molecule has 0 radical (unpaired) electrons. The molecule has 198 valence electrons. The monoisotopic (exact) mass is 501 g/mol. The number of nitrogens with two attached hydrogens (primary N) is 1. The highest BCUT2D eigenvalue weighted by Crippen LogP contribution is 2.28. The van der Waals surface area contributed by atoms with Gasteiger partial charge in [-0.3, -0.25) is 18.6 Å². The van der Waals surface area contributed by atoms with Gasteiger partial charge in [-0.1, -0.05) is 104 Å². The molecule has 8 heteroatoms. The highest BCUT2D eigenvalue weighted by molar-refractivity contribution is 7.87. The molecule has 0 saturated carbocycles. The van der Waals surface area contributed by atoms with Gasteiger partial charge in [0.2, 0.25) is 5.91 Å². The van der Waals surface area contributed by atoms with Crippen LogP contribution in [0.25, 0.3) is 0 Å². The van der Waals surface area contributed by atoms with Crippen molar-refractivity contribution in [3.8, 4) is 0 Å². The first-order valence-corrected chi connectivity index (χ1v) is 14.8. The fourth-order valence-corrected chi connectivity index (χ4v) is 5.51. The highest BCUT2D eigenvalue weighted by atomic mass is 32.2. The van der Waals surface area contributed by atoms with Crippen LogP contribution in [0.15, 0.2) is 0 Å². The molecule has 0 spiro atoms. The summed E-state index contributed by atoms with van der Waals surface area (Å²) in [5.74, 6) is -2.11. The van der Waals surface area contributed by atoms with Crippen molar-refractivity contribution >= 4 is 28.6 Å². The Morgan fingerprint density at radius 3 is 1.97 bits per heavy atom. The van der Waals surface area contributed by atoms with Gasteiger partial charge in [-0.15, -0.1) is 0 Å². The molecule has 0 aromatic rings. The maximum atomic E-state index is 12.7. The van der Waals surface area contributed by atoms with Crippen molar-refractivity contribution in [2.45, 2.75) is 128 Å². The van der Waals surface area contributed by atoms with Crippen LogP contribution in [0, 0.1) is 5.92 Å². The van der Waals surface area contributed by atoms with Gasteiger partial charge in [0.1, 0.15) is 23.7 Å². The normalized spacial score (nSPS) is 19.2. The highest BCUT2D eigenvalue weighted by Gasteiger charge is 2.43. The molecule has 4 atom stereocenters. The van der Waals surface area contributed by atoms with Crippen molar-refractivity contribution in [1.29, 1.82) is 0 Å². The molecule has 1 rings (SSSR count). The number of rotatable bonds is 22. The first-order chi connectivity index (χ1) is 16.4. The third-order valence-electron chi connectivity index (χ3n) is 6.46. The van der Waals surface area contributed by atoms with Crippen LogP contribution in [-0.4, -0.2) is 45.8 Å². The molecule has 1 saturated heterocycles. The summed E-state index contributed by atoms with van der Waals surface area (Å²) in [6.45, 7) is 4.33. The molecular formula is C26H47NO6S. The zero-order valence-electron chi connectivity index (χ0n) is 21.4. The molecule has 1 heterocycles. The van der Waals surface area contributed by atoms with Crippen LogP contribution in [0.4, 0.5) is 0 Å².